The van der Waals surface area contributed by atoms with Gasteiger partial charge in [0.05, 0.1) is 0 Å². The van der Waals surface area contributed by atoms with Crippen molar-refractivity contribution < 1.29 is 28.6 Å². The molecule has 6 heteroatoms. The fraction of sp³-hybridized carbons (Fsp3) is 0.952. The van der Waals surface area contributed by atoms with E-state index in [0.717, 1.165) is 64.2 Å². The van der Waals surface area contributed by atoms with E-state index < -0.39 is 6.10 Å². The number of carbonyl (C=O) groups excluding carboxylic acids is 3. The van der Waals surface area contributed by atoms with Crippen LogP contribution in [0.5, 0.6) is 0 Å². The van der Waals surface area contributed by atoms with Crippen LogP contribution < -0.4 is 0 Å². The number of hydrogen-bond acceptors (Lipinski definition) is 6. The first-order valence-electron chi connectivity index (χ1n) is 31.0. The van der Waals surface area contributed by atoms with Gasteiger partial charge in [0, 0.05) is 19.3 Å². The van der Waals surface area contributed by atoms with Gasteiger partial charge in [0.15, 0.2) is 6.10 Å². The SMILES string of the molecule is CCCCCCCCCCCCCCCCCCCCCCCCCCCCCCCCCCCCC(=O)OCC(COC(=O)CCCCCCC)OC(=O)CCCCCCCCCCCCC. The van der Waals surface area contributed by atoms with Crippen molar-refractivity contribution in [3.63, 3.8) is 0 Å². The maximum Gasteiger partial charge on any atom is 0.306 e. The van der Waals surface area contributed by atoms with Crippen LogP contribution in [0.1, 0.15) is 361 Å². The zero-order chi connectivity index (χ0) is 49.3. The molecule has 0 fully saturated rings. The van der Waals surface area contributed by atoms with Gasteiger partial charge in [-0.05, 0) is 19.3 Å². The summed E-state index contributed by atoms with van der Waals surface area (Å²) < 4.78 is 16.7. The summed E-state index contributed by atoms with van der Waals surface area (Å²) in [5.74, 6) is -0.857. The molecule has 0 aromatic heterocycles. The van der Waals surface area contributed by atoms with Crippen LogP contribution in [0, 0.1) is 0 Å². The summed E-state index contributed by atoms with van der Waals surface area (Å²) in [7, 11) is 0. The summed E-state index contributed by atoms with van der Waals surface area (Å²) >= 11 is 0. The largest absolute Gasteiger partial charge is 0.462 e. The lowest BCUT2D eigenvalue weighted by Gasteiger charge is -2.18. The fourth-order valence-electron chi connectivity index (χ4n) is 9.68. The van der Waals surface area contributed by atoms with Gasteiger partial charge in [-0.3, -0.25) is 14.4 Å². The normalized spacial score (nSPS) is 11.9. The molecule has 0 aliphatic heterocycles. The zero-order valence-corrected chi connectivity index (χ0v) is 46.4. The number of ether oxygens (including phenoxy) is 3. The maximum atomic E-state index is 12.7. The smallest absolute Gasteiger partial charge is 0.306 e. The molecular formula is C62H120O6. The average Bonchev–Trinajstić information content (AvgIpc) is 3.34. The van der Waals surface area contributed by atoms with Crippen LogP contribution in [0.25, 0.3) is 0 Å². The van der Waals surface area contributed by atoms with Crippen LogP contribution >= 0.6 is 0 Å². The van der Waals surface area contributed by atoms with Crippen LogP contribution in [-0.4, -0.2) is 37.2 Å². The molecule has 0 aliphatic carbocycles. The van der Waals surface area contributed by atoms with E-state index in [0.29, 0.717) is 19.3 Å². The lowest BCUT2D eigenvalue weighted by atomic mass is 10.0. The van der Waals surface area contributed by atoms with Crippen molar-refractivity contribution >= 4 is 17.9 Å². The van der Waals surface area contributed by atoms with Gasteiger partial charge in [-0.1, -0.05) is 323 Å². The molecular weight excluding hydrogens is 841 g/mol. The van der Waals surface area contributed by atoms with Crippen LogP contribution in [0.2, 0.25) is 0 Å². The molecule has 404 valence electrons. The third-order valence-corrected chi connectivity index (χ3v) is 14.4. The van der Waals surface area contributed by atoms with Crippen molar-refractivity contribution in [2.75, 3.05) is 13.2 Å². The van der Waals surface area contributed by atoms with Gasteiger partial charge in [0.25, 0.3) is 0 Å². The lowest BCUT2D eigenvalue weighted by Crippen LogP contribution is -2.30. The summed E-state index contributed by atoms with van der Waals surface area (Å²) in [6.07, 6.45) is 66.2. The average molecular weight is 962 g/mol. The van der Waals surface area contributed by atoms with E-state index >= 15 is 0 Å². The Morgan fingerprint density at radius 1 is 0.235 bits per heavy atom. The van der Waals surface area contributed by atoms with Gasteiger partial charge in [-0.2, -0.15) is 0 Å². The molecule has 0 saturated carbocycles. The maximum absolute atomic E-state index is 12.7. The summed E-state index contributed by atoms with van der Waals surface area (Å²) in [6, 6.07) is 0. The Balaban J connectivity index is 3.76. The number of rotatable bonds is 58. The zero-order valence-electron chi connectivity index (χ0n) is 46.4. The van der Waals surface area contributed by atoms with Crippen molar-refractivity contribution in [3.8, 4) is 0 Å². The van der Waals surface area contributed by atoms with Gasteiger partial charge in [0.1, 0.15) is 13.2 Å². The van der Waals surface area contributed by atoms with E-state index in [-0.39, 0.29) is 31.1 Å². The molecule has 0 bridgehead atoms. The lowest BCUT2D eigenvalue weighted by molar-refractivity contribution is -0.167. The summed E-state index contributed by atoms with van der Waals surface area (Å²) in [4.78, 5) is 37.7. The summed E-state index contributed by atoms with van der Waals surface area (Å²) in [6.45, 7) is 6.60. The number of unbranched alkanes of at least 4 members (excludes halogenated alkanes) is 47. The standard InChI is InChI=1S/C62H120O6/c1-4-7-10-13-15-17-19-20-21-22-23-24-25-26-27-28-29-30-31-32-33-34-35-36-37-38-39-40-41-43-44-46-49-52-55-61(64)67-58-59(57-66-60(63)54-51-48-12-9-6-3)68-62(65)56-53-50-47-45-42-18-16-14-11-8-5-2/h59H,4-58H2,1-3H3. The Morgan fingerprint density at radius 2 is 0.397 bits per heavy atom. The minimum absolute atomic E-state index is 0.0632. The predicted molar refractivity (Wildman–Crippen MR) is 294 cm³/mol. The fourth-order valence-corrected chi connectivity index (χ4v) is 9.68. The predicted octanol–water partition coefficient (Wildman–Crippen LogP) is 20.7. The summed E-state index contributed by atoms with van der Waals surface area (Å²) in [5.41, 5.74) is 0. The first kappa shape index (κ1) is 66.4. The van der Waals surface area contributed by atoms with Gasteiger partial charge in [0.2, 0.25) is 0 Å². The number of hydrogen-bond donors (Lipinski definition) is 0. The third kappa shape index (κ3) is 55.3. The molecule has 0 aromatic carbocycles. The minimum atomic E-state index is -0.758. The highest BCUT2D eigenvalue weighted by Crippen LogP contribution is 2.18. The second kappa shape index (κ2) is 58.0. The molecule has 0 aromatic rings. The molecule has 1 unspecified atom stereocenters. The minimum Gasteiger partial charge on any atom is -0.462 e. The second-order valence-electron chi connectivity index (χ2n) is 21.3. The highest BCUT2D eigenvalue weighted by atomic mass is 16.6. The van der Waals surface area contributed by atoms with Crippen molar-refractivity contribution in [2.45, 2.75) is 367 Å². The third-order valence-electron chi connectivity index (χ3n) is 14.4. The number of esters is 3. The molecule has 0 spiro atoms. The van der Waals surface area contributed by atoms with E-state index in [1.54, 1.807) is 0 Å². The van der Waals surface area contributed by atoms with Crippen molar-refractivity contribution in [1.29, 1.82) is 0 Å². The van der Waals surface area contributed by atoms with E-state index in [2.05, 4.69) is 20.8 Å². The molecule has 0 saturated heterocycles. The molecule has 0 N–H and O–H groups in total. The monoisotopic (exact) mass is 961 g/mol. The first-order valence-corrected chi connectivity index (χ1v) is 31.0. The van der Waals surface area contributed by atoms with Gasteiger partial charge in [-0.25, -0.2) is 0 Å². The Hall–Kier alpha value is -1.59. The Bertz CT molecular complexity index is 1010. The Kier molecular flexibility index (Phi) is 56.6. The molecule has 6 nitrogen and oxygen atoms in total. The topological polar surface area (TPSA) is 78.9 Å². The molecule has 0 rings (SSSR count). The highest BCUT2D eigenvalue weighted by Gasteiger charge is 2.19. The molecule has 1 atom stereocenters. The molecule has 0 amide bonds. The van der Waals surface area contributed by atoms with E-state index in [1.807, 2.05) is 0 Å². The van der Waals surface area contributed by atoms with E-state index in [9.17, 15) is 14.4 Å². The first-order chi connectivity index (χ1) is 33.5. The molecule has 68 heavy (non-hydrogen) atoms. The van der Waals surface area contributed by atoms with Crippen molar-refractivity contribution in [2.24, 2.45) is 0 Å². The quantitative estimate of drug-likeness (QED) is 0.0343. The number of carbonyl (C=O) groups is 3. The second-order valence-corrected chi connectivity index (χ2v) is 21.3. The Morgan fingerprint density at radius 3 is 0.588 bits per heavy atom. The van der Waals surface area contributed by atoms with Gasteiger partial charge < -0.3 is 14.2 Å². The van der Waals surface area contributed by atoms with Gasteiger partial charge in [-0.15, -0.1) is 0 Å². The van der Waals surface area contributed by atoms with Crippen molar-refractivity contribution in [1.82, 2.24) is 0 Å². The van der Waals surface area contributed by atoms with E-state index in [1.165, 1.54) is 257 Å². The molecule has 0 aliphatic rings. The van der Waals surface area contributed by atoms with Crippen LogP contribution in [-0.2, 0) is 28.6 Å². The Labute approximate surface area is 425 Å². The van der Waals surface area contributed by atoms with Crippen molar-refractivity contribution in [3.05, 3.63) is 0 Å². The molecule has 0 heterocycles. The van der Waals surface area contributed by atoms with Crippen LogP contribution in [0.4, 0.5) is 0 Å². The summed E-state index contributed by atoms with van der Waals surface area (Å²) in [5, 5.41) is 0. The molecule has 0 radical (unpaired) electrons. The van der Waals surface area contributed by atoms with Gasteiger partial charge >= 0.3 is 17.9 Å². The van der Waals surface area contributed by atoms with E-state index in [4.69, 9.17) is 14.2 Å². The van der Waals surface area contributed by atoms with Crippen LogP contribution in [0.3, 0.4) is 0 Å². The van der Waals surface area contributed by atoms with Crippen LogP contribution in [0.15, 0.2) is 0 Å². The highest BCUT2D eigenvalue weighted by molar-refractivity contribution is 5.71.